The largest absolute Gasteiger partial charge is 0.492 e. The Morgan fingerprint density at radius 1 is 1.31 bits per heavy atom. The average molecular weight is 305 g/mol. The van der Waals surface area contributed by atoms with Gasteiger partial charge in [-0.25, -0.2) is 0 Å². The average Bonchev–Trinajstić information content (AvgIpc) is 2.76. The van der Waals surface area contributed by atoms with Gasteiger partial charge in [0.2, 0.25) is 0 Å². The van der Waals surface area contributed by atoms with E-state index in [4.69, 9.17) is 16.3 Å². The van der Waals surface area contributed by atoms with Gasteiger partial charge in [0, 0.05) is 11.0 Å². The summed E-state index contributed by atoms with van der Waals surface area (Å²) >= 11 is 9.34. The number of rotatable bonds is 4. The molecule has 1 saturated heterocycles. The number of benzene rings is 1. The van der Waals surface area contributed by atoms with E-state index in [9.17, 15) is 0 Å². The Morgan fingerprint density at radius 3 is 2.75 bits per heavy atom. The first kappa shape index (κ1) is 12.2. The van der Waals surface area contributed by atoms with Crippen LogP contribution in [0.4, 0.5) is 0 Å². The summed E-state index contributed by atoms with van der Waals surface area (Å²) in [7, 11) is 0. The molecule has 0 spiro atoms. The van der Waals surface area contributed by atoms with Gasteiger partial charge in [-0.15, -0.1) is 0 Å². The number of hydrogen-bond donors (Lipinski definition) is 0. The van der Waals surface area contributed by atoms with Crippen molar-refractivity contribution in [2.75, 3.05) is 26.2 Å². The highest BCUT2D eigenvalue weighted by molar-refractivity contribution is 9.10. The van der Waals surface area contributed by atoms with Gasteiger partial charge in [-0.1, -0.05) is 11.6 Å². The van der Waals surface area contributed by atoms with Crippen molar-refractivity contribution in [3.05, 3.63) is 27.7 Å². The fraction of sp³-hybridized carbons (Fsp3) is 0.500. The molecule has 0 unspecified atom stereocenters. The van der Waals surface area contributed by atoms with E-state index in [1.165, 1.54) is 25.9 Å². The van der Waals surface area contributed by atoms with Crippen molar-refractivity contribution in [1.82, 2.24) is 4.90 Å². The van der Waals surface area contributed by atoms with Crippen molar-refractivity contribution >= 4 is 27.5 Å². The Balaban J connectivity index is 1.78. The maximum atomic E-state index is 5.98. The zero-order valence-corrected chi connectivity index (χ0v) is 11.4. The third kappa shape index (κ3) is 3.37. The Bertz CT molecular complexity index is 353. The number of nitrogens with zero attached hydrogens (tertiary/aromatic N) is 1. The predicted molar refractivity (Wildman–Crippen MR) is 70.3 cm³/mol. The Labute approximate surface area is 110 Å². The summed E-state index contributed by atoms with van der Waals surface area (Å²) in [6.45, 7) is 4.17. The van der Waals surface area contributed by atoms with Crippen LogP contribution < -0.4 is 4.74 Å². The molecule has 0 aromatic heterocycles. The van der Waals surface area contributed by atoms with Gasteiger partial charge in [0.05, 0.1) is 5.02 Å². The topological polar surface area (TPSA) is 12.5 Å². The van der Waals surface area contributed by atoms with Crippen molar-refractivity contribution in [1.29, 1.82) is 0 Å². The van der Waals surface area contributed by atoms with Crippen LogP contribution in [0.25, 0.3) is 0 Å². The maximum Gasteiger partial charge on any atom is 0.120 e. The second kappa shape index (κ2) is 5.89. The van der Waals surface area contributed by atoms with Crippen molar-refractivity contribution < 1.29 is 4.74 Å². The summed E-state index contributed by atoms with van der Waals surface area (Å²) in [4.78, 5) is 2.43. The zero-order valence-electron chi connectivity index (χ0n) is 9.09. The molecule has 0 aliphatic carbocycles. The molecule has 0 atom stereocenters. The van der Waals surface area contributed by atoms with Crippen LogP contribution in [0, 0.1) is 0 Å². The van der Waals surface area contributed by atoms with Gasteiger partial charge in [0.15, 0.2) is 0 Å². The molecule has 4 heteroatoms. The molecular weight excluding hydrogens is 289 g/mol. The van der Waals surface area contributed by atoms with Crippen molar-refractivity contribution in [2.24, 2.45) is 0 Å². The number of halogens is 2. The number of hydrogen-bond acceptors (Lipinski definition) is 2. The van der Waals surface area contributed by atoms with E-state index in [1.807, 2.05) is 18.2 Å². The minimum atomic E-state index is 0.693. The van der Waals surface area contributed by atoms with E-state index in [1.54, 1.807) is 0 Å². The molecule has 1 fully saturated rings. The second-order valence-corrected chi connectivity index (χ2v) is 5.23. The lowest BCUT2D eigenvalue weighted by atomic mass is 10.3. The van der Waals surface area contributed by atoms with E-state index in [-0.39, 0.29) is 0 Å². The van der Waals surface area contributed by atoms with E-state index in [0.29, 0.717) is 5.02 Å². The molecule has 1 aromatic carbocycles. The summed E-state index contributed by atoms with van der Waals surface area (Å²) < 4.78 is 6.56. The molecule has 1 heterocycles. The fourth-order valence-electron chi connectivity index (χ4n) is 1.87. The van der Waals surface area contributed by atoms with Gasteiger partial charge in [-0.05, 0) is 60.1 Å². The van der Waals surface area contributed by atoms with Crippen LogP contribution in [0.15, 0.2) is 22.7 Å². The highest BCUT2D eigenvalue weighted by atomic mass is 79.9. The van der Waals surface area contributed by atoms with Gasteiger partial charge in [-0.3, -0.25) is 4.90 Å². The standard InChI is InChI=1S/C12H15BrClNO/c13-11-4-3-10(9-12(11)14)16-8-7-15-5-1-2-6-15/h3-4,9H,1-2,5-8H2. The van der Waals surface area contributed by atoms with Crippen LogP contribution in [-0.2, 0) is 0 Å². The second-order valence-electron chi connectivity index (χ2n) is 3.97. The van der Waals surface area contributed by atoms with E-state index in [2.05, 4.69) is 20.8 Å². The Hall–Kier alpha value is -0.250. The quantitative estimate of drug-likeness (QED) is 0.843. The summed E-state index contributed by atoms with van der Waals surface area (Å²) in [6, 6.07) is 5.68. The molecule has 88 valence electrons. The molecule has 2 rings (SSSR count). The van der Waals surface area contributed by atoms with Crippen molar-refractivity contribution in [3.8, 4) is 5.75 Å². The monoisotopic (exact) mass is 303 g/mol. The summed E-state index contributed by atoms with van der Waals surface area (Å²) in [5.74, 6) is 0.840. The molecule has 0 bridgehead atoms. The molecule has 0 N–H and O–H groups in total. The minimum Gasteiger partial charge on any atom is -0.492 e. The van der Waals surface area contributed by atoms with Crippen LogP contribution in [0.5, 0.6) is 5.75 Å². The molecule has 0 saturated carbocycles. The van der Waals surface area contributed by atoms with Crippen LogP contribution in [0.3, 0.4) is 0 Å². The lowest BCUT2D eigenvalue weighted by molar-refractivity contribution is 0.238. The van der Waals surface area contributed by atoms with Crippen molar-refractivity contribution in [3.63, 3.8) is 0 Å². The molecule has 16 heavy (non-hydrogen) atoms. The zero-order chi connectivity index (χ0) is 11.4. The van der Waals surface area contributed by atoms with E-state index >= 15 is 0 Å². The van der Waals surface area contributed by atoms with Crippen LogP contribution >= 0.6 is 27.5 Å². The number of ether oxygens (including phenoxy) is 1. The maximum absolute atomic E-state index is 5.98. The van der Waals surface area contributed by atoms with Gasteiger partial charge in [0.1, 0.15) is 12.4 Å². The highest BCUT2D eigenvalue weighted by Crippen LogP contribution is 2.26. The first-order chi connectivity index (χ1) is 7.75. The van der Waals surface area contributed by atoms with Gasteiger partial charge < -0.3 is 4.74 Å². The molecule has 1 aliphatic heterocycles. The van der Waals surface area contributed by atoms with Crippen molar-refractivity contribution in [2.45, 2.75) is 12.8 Å². The Kier molecular flexibility index (Phi) is 4.50. The third-order valence-corrected chi connectivity index (χ3v) is 4.00. The highest BCUT2D eigenvalue weighted by Gasteiger charge is 2.10. The van der Waals surface area contributed by atoms with Gasteiger partial charge >= 0.3 is 0 Å². The molecule has 0 amide bonds. The molecule has 0 radical (unpaired) electrons. The summed E-state index contributed by atoms with van der Waals surface area (Å²) in [5, 5.41) is 0.693. The van der Waals surface area contributed by atoms with Crippen LogP contribution in [-0.4, -0.2) is 31.1 Å². The molecule has 1 aromatic rings. The molecular formula is C12H15BrClNO. The lowest BCUT2D eigenvalue weighted by Gasteiger charge is -2.15. The van der Waals surface area contributed by atoms with Crippen LogP contribution in [0.1, 0.15) is 12.8 Å². The first-order valence-corrected chi connectivity index (χ1v) is 6.73. The Morgan fingerprint density at radius 2 is 2.06 bits per heavy atom. The third-order valence-electron chi connectivity index (χ3n) is 2.77. The minimum absolute atomic E-state index is 0.693. The summed E-state index contributed by atoms with van der Waals surface area (Å²) in [6.07, 6.45) is 2.65. The normalized spacial score (nSPS) is 16.6. The predicted octanol–water partition coefficient (Wildman–Crippen LogP) is 3.58. The SMILES string of the molecule is Clc1cc(OCCN2CCCC2)ccc1Br. The first-order valence-electron chi connectivity index (χ1n) is 5.56. The van der Waals surface area contributed by atoms with Gasteiger partial charge in [0.25, 0.3) is 0 Å². The number of likely N-dealkylation sites (tertiary alicyclic amines) is 1. The summed E-state index contributed by atoms with van der Waals surface area (Å²) in [5.41, 5.74) is 0. The lowest BCUT2D eigenvalue weighted by Crippen LogP contribution is -2.25. The van der Waals surface area contributed by atoms with Crippen LogP contribution in [0.2, 0.25) is 5.02 Å². The fourth-order valence-corrected chi connectivity index (χ4v) is 2.28. The van der Waals surface area contributed by atoms with E-state index in [0.717, 1.165) is 23.4 Å². The smallest absolute Gasteiger partial charge is 0.120 e. The molecule has 2 nitrogen and oxygen atoms in total. The van der Waals surface area contributed by atoms with E-state index < -0.39 is 0 Å². The molecule has 1 aliphatic rings. The van der Waals surface area contributed by atoms with Gasteiger partial charge in [-0.2, -0.15) is 0 Å².